The van der Waals surface area contributed by atoms with Gasteiger partial charge in [-0.2, -0.15) is 0 Å². The zero-order chi connectivity index (χ0) is 11.8. The first-order valence-electron chi connectivity index (χ1n) is 6.03. The van der Waals surface area contributed by atoms with Crippen molar-refractivity contribution in [2.45, 2.75) is 32.6 Å². The van der Waals surface area contributed by atoms with Gasteiger partial charge in [-0.1, -0.05) is 26.0 Å². The van der Waals surface area contributed by atoms with Crippen LogP contribution in [-0.2, 0) is 4.74 Å². The second kappa shape index (κ2) is 7.29. The molecule has 0 atom stereocenters. The molecule has 0 unspecified atom stereocenters. The van der Waals surface area contributed by atoms with E-state index in [4.69, 9.17) is 9.47 Å². The molecule has 0 bridgehead atoms. The monoisotopic (exact) mass is 222 g/mol. The highest BCUT2D eigenvalue weighted by Gasteiger charge is 2.06. The Labute approximate surface area is 98.6 Å². The lowest BCUT2D eigenvalue weighted by atomic mass is 9.94. The smallest absolute Gasteiger partial charge is 0.119 e. The molecule has 90 valence electrons. The lowest BCUT2D eigenvalue weighted by Gasteiger charge is -2.13. The van der Waals surface area contributed by atoms with Crippen LogP contribution in [0.2, 0.25) is 0 Å². The topological polar surface area (TPSA) is 18.5 Å². The number of rotatable bonds is 7. The van der Waals surface area contributed by atoms with Crippen molar-refractivity contribution in [2.24, 2.45) is 0 Å². The Kier molecular flexibility index (Phi) is 5.94. The third kappa shape index (κ3) is 3.86. The van der Waals surface area contributed by atoms with Gasteiger partial charge >= 0.3 is 0 Å². The van der Waals surface area contributed by atoms with Crippen molar-refractivity contribution in [3.63, 3.8) is 0 Å². The maximum absolute atomic E-state index is 5.52. The van der Waals surface area contributed by atoms with Gasteiger partial charge in [0.2, 0.25) is 0 Å². The third-order valence-corrected chi connectivity index (χ3v) is 2.89. The van der Waals surface area contributed by atoms with Gasteiger partial charge in [0.25, 0.3) is 0 Å². The fourth-order valence-electron chi connectivity index (χ4n) is 1.84. The van der Waals surface area contributed by atoms with Gasteiger partial charge < -0.3 is 9.47 Å². The minimum absolute atomic E-state index is 0.612. The summed E-state index contributed by atoms with van der Waals surface area (Å²) in [4.78, 5) is 0. The Bertz CT molecular complexity index is 275. The van der Waals surface area contributed by atoms with Crippen molar-refractivity contribution in [2.75, 3.05) is 20.3 Å². The molecule has 2 nitrogen and oxygen atoms in total. The third-order valence-electron chi connectivity index (χ3n) is 2.89. The second-order valence-electron chi connectivity index (χ2n) is 3.92. The summed E-state index contributed by atoms with van der Waals surface area (Å²) < 4.78 is 10.5. The molecule has 0 N–H and O–H groups in total. The van der Waals surface area contributed by atoms with E-state index in [2.05, 4.69) is 26.0 Å². The maximum atomic E-state index is 5.52. The van der Waals surface area contributed by atoms with Gasteiger partial charge in [0.1, 0.15) is 12.4 Å². The van der Waals surface area contributed by atoms with Crippen molar-refractivity contribution >= 4 is 0 Å². The quantitative estimate of drug-likeness (QED) is 0.656. The summed E-state index contributed by atoms with van der Waals surface area (Å²) in [6, 6.07) is 8.42. The van der Waals surface area contributed by atoms with Crippen LogP contribution < -0.4 is 4.74 Å². The average molecular weight is 222 g/mol. The van der Waals surface area contributed by atoms with Crippen LogP contribution in [0.1, 0.15) is 38.2 Å². The van der Waals surface area contributed by atoms with Crippen LogP contribution in [0, 0.1) is 0 Å². The first-order chi connectivity index (χ1) is 7.81. The van der Waals surface area contributed by atoms with Crippen LogP contribution in [0.25, 0.3) is 0 Å². The van der Waals surface area contributed by atoms with Crippen LogP contribution >= 0.6 is 0 Å². The van der Waals surface area contributed by atoms with Crippen molar-refractivity contribution in [1.29, 1.82) is 0 Å². The van der Waals surface area contributed by atoms with E-state index in [9.17, 15) is 0 Å². The lowest BCUT2D eigenvalue weighted by Crippen LogP contribution is -2.04. The van der Waals surface area contributed by atoms with Gasteiger partial charge in [0.15, 0.2) is 0 Å². The molecule has 16 heavy (non-hydrogen) atoms. The first-order valence-corrected chi connectivity index (χ1v) is 6.03. The Morgan fingerprint density at radius 2 is 1.62 bits per heavy atom. The Hall–Kier alpha value is -1.02. The second-order valence-corrected chi connectivity index (χ2v) is 3.92. The highest BCUT2D eigenvalue weighted by molar-refractivity contribution is 5.29. The Morgan fingerprint density at radius 1 is 1.00 bits per heavy atom. The zero-order valence-corrected chi connectivity index (χ0v) is 10.5. The fraction of sp³-hybridized carbons (Fsp3) is 0.571. The highest BCUT2D eigenvalue weighted by atomic mass is 16.5. The van der Waals surface area contributed by atoms with Crippen LogP contribution in [0.4, 0.5) is 0 Å². The molecule has 0 aliphatic heterocycles. The summed E-state index contributed by atoms with van der Waals surface area (Å²) in [6.07, 6.45) is 2.39. The van der Waals surface area contributed by atoms with E-state index >= 15 is 0 Å². The van der Waals surface area contributed by atoms with Crippen LogP contribution in [0.3, 0.4) is 0 Å². The average Bonchev–Trinajstić information content (AvgIpc) is 2.33. The molecule has 0 heterocycles. The van der Waals surface area contributed by atoms with E-state index in [1.807, 2.05) is 12.1 Å². The molecule has 2 heteroatoms. The highest BCUT2D eigenvalue weighted by Crippen LogP contribution is 2.24. The molecule has 0 radical (unpaired) electrons. The molecule has 0 fully saturated rings. The largest absolute Gasteiger partial charge is 0.491 e. The van der Waals surface area contributed by atoms with Gasteiger partial charge in [0, 0.05) is 7.11 Å². The van der Waals surface area contributed by atoms with Gasteiger partial charge in [-0.25, -0.2) is 0 Å². The van der Waals surface area contributed by atoms with Crippen molar-refractivity contribution in [3.8, 4) is 5.75 Å². The summed E-state index contributed by atoms with van der Waals surface area (Å²) in [7, 11) is 1.68. The van der Waals surface area contributed by atoms with Crippen LogP contribution in [0.5, 0.6) is 5.75 Å². The molecule has 0 saturated heterocycles. The standard InChI is InChI=1S/C14H22O2/c1-4-12(5-2)13-6-8-14(9-7-13)16-11-10-15-3/h6-9,12H,4-5,10-11H2,1-3H3. The SMILES string of the molecule is CCC(CC)c1ccc(OCCOC)cc1. The summed E-state index contributed by atoms with van der Waals surface area (Å²) in [5.41, 5.74) is 1.41. The molecule has 0 aromatic heterocycles. The van der Waals surface area contributed by atoms with Crippen LogP contribution in [0.15, 0.2) is 24.3 Å². The number of ether oxygens (including phenoxy) is 2. The minimum Gasteiger partial charge on any atom is -0.491 e. The van der Waals surface area contributed by atoms with E-state index < -0.39 is 0 Å². The molecule has 0 amide bonds. The van der Waals surface area contributed by atoms with E-state index in [-0.39, 0.29) is 0 Å². The summed E-state index contributed by atoms with van der Waals surface area (Å²) in [5, 5.41) is 0. The fourth-order valence-corrected chi connectivity index (χ4v) is 1.84. The summed E-state index contributed by atoms with van der Waals surface area (Å²) in [5.74, 6) is 1.60. The summed E-state index contributed by atoms with van der Waals surface area (Å²) in [6.45, 7) is 5.71. The van der Waals surface area contributed by atoms with Gasteiger partial charge in [0.05, 0.1) is 6.61 Å². The Morgan fingerprint density at radius 3 is 2.12 bits per heavy atom. The number of hydrogen-bond donors (Lipinski definition) is 0. The predicted molar refractivity (Wildman–Crippen MR) is 67.1 cm³/mol. The van der Waals surface area contributed by atoms with Crippen molar-refractivity contribution < 1.29 is 9.47 Å². The number of hydrogen-bond acceptors (Lipinski definition) is 2. The minimum atomic E-state index is 0.612. The molecule has 1 aromatic carbocycles. The summed E-state index contributed by atoms with van der Waals surface area (Å²) >= 11 is 0. The number of methoxy groups -OCH3 is 1. The van der Waals surface area contributed by atoms with Crippen molar-refractivity contribution in [1.82, 2.24) is 0 Å². The van der Waals surface area contributed by atoms with E-state index in [1.165, 1.54) is 18.4 Å². The predicted octanol–water partition coefficient (Wildman–Crippen LogP) is 3.62. The van der Waals surface area contributed by atoms with E-state index in [1.54, 1.807) is 7.11 Å². The molecule has 0 aliphatic rings. The van der Waals surface area contributed by atoms with Gasteiger partial charge in [-0.05, 0) is 36.5 Å². The van der Waals surface area contributed by atoms with E-state index in [0.717, 1.165) is 5.75 Å². The molecule has 0 spiro atoms. The molecule has 1 aromatic rings. The lowest BCUT2D eigenvalue weighted by molar-refractivity contribution is 0.146. The molecular formula is C14H22O2. The molecule has 0 saturated carbocycles. The molecule has 0 aliphatic carbocycles. The normalized spacial score (nSPS) is 10.8. The van der Waals surface area contributed by atoms with Crippen LogP contribution in [-0.4, -0.2) is 20.3 Å². The van der Waals surface area contributed by atoms with Gasteiger partial charge in [-0.15, -0.1) is 0 Å². The first kappa shape index (κ1) is 13.0. The maximum Gasteiger partial charge on any atom is 0.119 e. The van der Waals surface area contributed by atoms with Crippen molar-refractivity contribution in [3.05, 3.63) is 29.8 Å². The molecular weight excluding hydrogens is 200 g/mol. The Balaban J connectivity index is 2.53. The van der Waals surface area contributed by atoms with Gasteiger partial charge in [-0.3, -0.25) is 0 Å². The zero-order valence-electron chi connectivity index (χ0n) is 10.5. The molecule has 1 rings (SSSR count). The number of benzene rings is 1. The van der Waals surface area contributed by atoms with E-state index in [0.29, 0.717) is 19.1 Å².